The third-order valence-corrected chi connectivity index (χ3v) is 5.79. The van der Waals surface area contributed by atoms with E-state index in [2.05, 4.69) is 49.4 Å². The SMILES string of the molecule is CCCCC[C@H]1CC[C@H](c2ccccc2-c2ccc(C#N)cc2)CC1. The van der Waals surface area contributed by atoms with Crippen molar-refractivity contribution < 1.29 is 0 Å². The van der Waals surface area contributed by atoms with Crippen LogP contribution < -0.4 is 0 Å². The Kier molecular flexibility index (Phi) is 6.29. The fourth-order valence-corrected chi connectivity index (χ4v) is 4.29. The Morgan fingerprint density at radius 2 is 1.64 bits per heavy atom. The van der Waals surface area contributed by atoms with E-state index in [1.165, 1.54) is 68.1 Å². The van der Waals surface area contributed by atoms with Gasteiger partial charge in [-0.05, 0) is 66.3 Å². The van der Waals surface area contributed by atoms with Gasteiger partial charge in [-0.3, -0.25) is 0 Å². The second-order valence-corrected chi connectivity index (χ2v) is 7.49. The summed E-state index contributed by atoms with van der Waals surface area (Å²) in [6, 6.07) is 19.1. The van der Waals surface area contributed by atoms with Gasteiger partial charge in [0.1, 0.15) is 0 Å². The highest BCUT2D eigenvalue weighted by atomic mass is 14.3. The molecular weight excluding hydrogens is 302 g/mol. The molecule has 1 aliphatic carbocycles. The standard InChI is InChI=1S/C24H29N/c1-2-3-4-7-19-10-14-21(15-11-19)23-8-5-6-9-24(23)22-16-12-20(18-25)13-17-22/h5-6,8-9,12-13,16-17,19,21H,2-4,7,10-11,14-15H2,1H3/t19-,21-. The molecule has 1 nitrogen and oxygen atoms in total. The van der Waals surface area contributed by atoms with E-state index in [0.29, 0.717) is 5.92 Å². The van der Waals surface area contributed by atoms with Crippen molar-refractivity contribution in [3.05, 3.63) is 59.7 Å². The van der Waals surface area contributed by atoms with Gasteiger partial charge in [0.05, 0.1) is 11.6 Å². The van der Waals surface area contributed by atoms with Gasteiger partial charge in [-0.15, -0.1) is 0 Å². The first-order chi connectivity index (χ1) is 12.3. The summed E-state index contributed by atoms with van der Waals surface area (Å²) in [6.07, 6.45) is 11.0. The lowest BCUT2D eigenvalue weighted by molar-refractivity contribution is 0.303. The highest BCUT2D eigenvalue weighted by molar-refractivity contribution is 5.68. The highest BCUT2D eigenvalue weighted by Crippen LogP contribution is 2.41. The first-order valence-electron chi connectivity index (χ1n) is 9.91. The Morgan fingerprint density at radius 3 is 2.32 bits per heavy atom. The van der Waals surface area contributed by atoms with Crippen LogP contribution in [0.15, 0.2) is 48.5 Å². The molecule has 0 atom stereocenters. The van der Waals surface area contributed by atoms with Gasteiger partial charge in [-0.2, -0.15) is 5.26 Å². The van der Waals surface area contributed by atoms with E-state index in [4.69, 9.17) is 5.26 Å². The molecule has 1 aliphatic rings. The van der Waals surface area contributed by atoms with Gasteiger partial charge in [-0.1, -0.05) is 69.0 Å². The smallest absolute Gasteiger partial charge is 0.0991 e. The summed E-state index contributed by atoms with van der Waals surface area (Å²) >= 11 is 0. The molecule has 0 aliphatic heterocycles. The van der Waals surface area contributed by atoms with Crippen LogP contribution in [0, 0.1) is 17.2 Å². The van der Waals surface area contributed by atoms with E-state index in [9.17, 15) is 0 Å². The maximum atomic E-state index is 9.01. The minimum absolute atomic E-state index is 0.689. The Labute approximate surface area is 152 Å². The molecule has 2 aromatic rings. The molecule has 2 aromatic carbocycles. The van der Waals surface area contributed by atoms with Gasteiger partial charge in [0.25, 0.3) is 0 Å². The number of hydrogen-bond donors (Lipinski definition) is 0. The summed E-state index contributed by atoms with van der Waals surface area (Å²) in [5.74, 6) is 1.64. The molecule has 0 unspecified atom stereocenters. The molecule has 0 amide bonds. The lowest BCUT2D eigenvalue weighted by atomic mass is 9.75. The van der Waals surface area contributed by atoms with Gasteiger partial charge in [0, 0.05) is 0 Å². The zero-order valence-electron chi connectivity index (χ0n) is 15.4. The molecule has 1 saturated carbocycles. The molecule has 0 radical (unpaired) electrons. The Balaban J connectivity index is 1.70. The van der Waals surface area contributed by atoms with Crippen LogP contribution >= 0.6 is 0 Å². The van der Waals surface area contributed by atoms with Gasteiger partial charge in [0.2, 0.25) is 0 Å². The van der Waals surface area contributed by atoms with E-state index in [-0.39, 0.29) is 0 Å². The predicted molar refractivity (Wildman–Crippen MR) is 105 cm³/mol. The monoisotopic (exact) mass is 331 g/mol. The maximum Gasteiger partial charge on any atom is 0.0991 e. The molecule has 0 spiro atoms. The number of rotatable bonds is 6. The lowest BCUT2D eigenvalue weighted by Gasteiger charge is -2.30. The molecule has 25 heavy (non-hydrogen) atoms. The molecule has 130 valence electrons. The van der Waals surface area contributed by atoms with E-state index in [1.54, 1.807) is 0 Å². The molecule has 3 rings (SSSR count). The van der Waals surface area contributed by atoms with Gasteiger partial charge in [-0.25, -0.2) is 0 Å². The molecule has 0 saturated heterocycles. The molecular formula is C24H29N. The summed E-state index contributed by atoms with van der Waals surface area (Å²) in [4.78, 5) is 0. The van der Waals surface area contributed by atoms with E-state index >= 15 is 0 Å². The topological polar surface area (TPSA) is 23.8 Å². The average molecular weight is 332 g/mol. The molecule has 0 N–H and O–H groups in total. The van der Waals surface area contributed by atoms with Crippen molar-refractivity contribution in [2.45, 2.75) is 64.2 Å². The zero-order chi connectivity index (χ0) is 17.5. The molecule has 0 aromatic heterocycles. The number of benzene rings is 2. The predicted octanol–water partition coefficient (Wildman–Crippen LogP) is 7.08. The average Bonchev–Trinajstić information content (AvgIpc) is 2.69. The van der Waals surface area contributed by atoms with Crippen LogP contribution in [0.5, 0.6) is 0 Å². The van der Waals surface area contributed by atoms with E-state index < -0.39 is 0 Å². The zero-order valence-corrected chi connectivity index (χ0v) is 15.4. The molecule has 1 fully saturated rings. The van der Waals surface area contributed by atoms with Gasteiger partial charge >= 0.3 is 0 Å². The largest absolute Gasteiger partial charge is 0.192 e. The summed E-state index contributed by atoms with van der Waals surface area (Å²) in [7, 11) is 0. The van der Waals surface area contributed by atoms with Crippen LogP contribution in [0.25, 0.3) is 11.1 Å². The summed E-state index contributed by atoms with van der Waals surface area (Å²) in [6.45, 7) is 2.29. The minimum atomic E-state index is 0.689. The second-order valence-electron chi connectivity index (χ2n) is 7.49. The Bertz CT molecular complexity index is 700. The van der Waals surface area contributed by atoms with Crippen molar-refractivity contribution in [2.24, 2.45) is 5.92 Å². The summed E-state index contributed by atoms with van der Waals surface area (Å²) in [5.41, 5.74) is 4.81. The van der Waals surface area contributed by atoms with Crippen LogP contribution in [0.4, 0.5) is 0 Å². The van der Waals surface area contributed by atoms with Crippen molar-refractivity contribution in [3.8, 4) is 17.2 Å². The fraction of sp³-hybridized carbons (Fsp3) is 0.458. The number of hydrogen-bond acceptors (Lipinski definition) is 1. The van der Waals surface area contributed by atoms with Gasteiger partial charge < -0.3 is 0 Å². The lowest BCUT2D eigenvalue weighted by Crippen LogP contribution is -2.14. The molecule has 0 bridgehead atoms. The normalized spacial score (nSPS) is 20.2. The minimum Gasteiger partial charge on any atom is -0.192 e. The van der Waals surface area contributed by atoms with Crippen molar-refractivity contribution in [1.29, 1.82) is 5.26 Å². The summed E-state index contributed by atoms with van der Waals surface area (Å²) in [5, 5.41) is 9.01. The second kappa shape index (κ2) is 8.86. The molecule has 1 heteroatoms. The quantitative estimate of drug-likeness (QED) is 0.519. The number of unbranched alkanes of at least 4 members (excludes halogenated alkanes) is 2. The van der Waals surface area contributed by atoms with Crippen molar-refractivity contribution in [2.75, 3.05) is 0 Å². The van der Waals surface area contributed by atoms with Crippen LogP contribution in [-0.2, 0) is 0 Å². The van der Waals surface area contributed by atoms with Crippen molar-refractivity contribution >= 4 is 0 Å². The van der Waals surface area contributed by atoms with E-state index in [1.807, 2.05) is 12.1 Å². The van der Waals surface area contributed by atoms with E-state index in [0.717, 1.165) is 11.5 Å². The number of nitrogens with zero attached hydrogens (tertiary/aromatic N) is 1. The van der Waals surface area contributed by atoms with Crippen molar-refractivity contribution in [3.63, 3.8) is 0 Å². The third kappa shape index (κ3) is 4.51. The first-order valence-corrected chi connectivity index (χ1v) is 9.91. The maximum absolute atomic E-state index is 9.01. The first kappa shape index (κ1) is 17.7. The molecule has 0 heterocycles. The number of nitriles is 1. The van der Waals surface area contributed by atoms with Crippen LogP contribution in [0.1, 0.15) is 75.3 Å². The Morgan fingerprint density at radius 1 is 0.920 bits per heavy atom. The Hall–Kier alpha value is -2.07. The van der Waals surface area contributed by atoms with Crippen LogP contribution in [0.3, 0.4) is 0 Å². The van der Waals surface area contributed by atoms with Crippen LogP contribution in [0.2, 0.25) is 0 Å². The third-order valence-electron chi connectivity index (χ3n) is 5.79. The highest BCUT2D eigenvalue weighted by Gasteiger charge is 2.23. The fourth-order valence-electron chi connectivity index (χ4n) is 4.29. The van der Waals surface area contributed by atoms with Crippen molar-refractivity contribution in [1.82, 2.24) is 0 Å². The summed E-state index contributed by atoms with van der Waals surface area (Å²) < 4.78 is 0. The van der Waals surface area contributed by atoms with Crippen LogP contribution in [-0.4, -0.2) is 0 Å². The van der Waals surface area contributed by atoms with Gasteiger partial charge in [0.15, 0.2) is 0 Å².